The molecule has 13 heavy (non-hydrogen) atoms. The minimum atomic E-state index is 0. The topological polar surface area (TPSA) is 31.5 Å². The molecule has 2 aliphatic carbocycles. The second-order valence-corrected chi connectivity index (χ2v) is 2.01. The van der Waals surface area contributed by atoms with E-state index >= 15 is 0 Å². The summed E-state index contributed by atoms with van der Waals surface area (Å²) in [6, 6.07) is 0. The largest absolute Gasteiger partial charge is 2.00 e. The number of rotatable bonds is 0. The standard InChI is InChI=1S/2C5H5.ClH.H2O.Zr/c2*1-2-4-5-3-1;;;/h2*1-3H,4H2;1H;1H2;/q2*-1;;;+2. The van der Waals surface area contributed by atoms with Crippen molar-refractivity contribution in [3.63, 3.8) is 0 Å². The Kier molecular flexibility index (Phi) is 21.1. The van der Waals surface area contributed by atoms with Crippen LogP contribution >= 0.6 is 12.4 Å². The van der Waals surface area contributed by atoms with Crippen LogP contribution in [-0.4, -0.2) is 5.48 Å². The van der Waals surface area contributed by atoms with Gasteiger partial charge >= 0.3 is 26.2 Å². The summed E-state index contributed by atoms with van der Waals surface area (Å²) in [4.78, 5) is 0. The summed E-state index contributed by atoms with van der Waals surface area (Å²) in [6.45, 7) is 0. The van der Waals surface area contributed by atoms with Crippen LogP contribution in [0, 0.1) is 12.2 Å². The first-order chi connectivity index (χ1) is 5.00. The molecule has 0 unspecified atom stereocenters. The summed E-state index contributed by atoms with van der Waals surface area (Å²) in [6.07, 6.45) is 20.0. The Morgan fingerprint density at radius 3 is 1.31 bits per heavy atom. The third-order valence-electron chi connectivity index (χ3n) is 1.17. The van der Waals surface area contributed by atoms with E-state index in [1.54, 1.807) is 0 Å². The van der Waals surface area contributed by atoms with Crippen molar-refractivity contribution in [2.75, 3.05) is 0 Å². The summed E-state index contributed by atoms with van der Waals surface area (Å²) in [7, 11) is 0. The first kappa shape index (κ1) is 18.8. The summed E-state index contributed by atoms with van der Waals surface area (Å²) in [5, 5.41) is 0. The molecule has 0 aliphatic heterocycles. The zero-order valence-corrected chi connectivity index (χ0v) is 10.6. The molecule has 0 heterocycles. The van der Waals surface area contributed by atoms with Gasteiger partial charge in [-0.25, -0.2) is 24.3 Å². The van der Waals surface area contributed by atoms with E-state index in [9.17, 15) is 0 Å². The summed E-state index contributed by atoms with van der Waals surface area (Å²) < 4.78 is 0. The van der Waals surface area contributed by atoms with Crippen LogP contribution in [-0.2, 0) is 26.2 Å². The van der Waals surface area contributed by atoms with E-state index in [2.05, 4.69) is 24.3 Å². The summed E-state index contributed by atoms with van der Waals surface area (Å²) >= 11 is 0. The molecular formula is C10H13ClOZr. The van der Waals surface area contributed by atoms with Crippen molar-refractivity contribution in [3.8, 4) is 0 Å². The molecule has 0 amide bonds. The molecule has 0 radical (unpaired) electrons. The van der Waals surface area contributed by atoms with Crippen LogP contribution in [0.25, 0.3) is 0 Å². The van der Waals surface area contributed by atoms with Crippen LogP contribution in [0.5, 0.6) is 0 Å². The third kappa shape index (κ3) is 12.1. The zero-order chi connectivity index (χ0) is 7.07. The molecule has 0 spiro atoms. The molecule has 2 N–H and O–H groups in total. The van der Waals surface area contributed by atoms with Gasteiger partial charge in [0.15, 0.2) is 0 Å². The fourth-order valence-corrected chi connectivity index (χ4v) is 0.680. The molecule has 0 bridgehead atoms. The molecule has 70 valence electrons. The number of hydrogen-bond acceptors (Lipinski definition) is 0. The second-order valence-electron chi connectivity index (χ2n) is 2.01. The number of hydrogen-bond donors (Lipinski definition) is 0. The smallest absolute Gasteiger partial charge is 0.412 e. The van der Waals surface area contributed by atoms with Gasteiger partial charge in [0.1, 0.15) is 0 Å². The van der Waals surface area contributed by atoms with Crippen LogP contribution < -0.4 is 0 Å². The minimum Gasteiger partial charge on any atom is -0.412 e. The summed E-state index contributed by atoms with van der Waals surface area (Å²) in [5.74, 6) is 0. The maximum Gasteiger partial charge on any atom is 2.00 e. The van der Waals surface area contributed by atoms with Crippen LogP contribution in [0.1, 0.15) is 12.8 Å². The predicted molar refractivity (Wildman–Crippen MR) is 54.0 cm³/mol. The van der Waals surface area contributed by atoms with Gasteiger partial charge in [0.05, 0.1) is 0 Å². The van der Waals surface area contributed by atoms with E-state index in [0.29, 0.717) is 0 Å². The van der Waals surface area contributed by atoms with E-state index in [1.165, 1.54) is 0 Å². The number of allylic oxidation sites excluding steroid dienone is 8. The van der Waals surface area contributed by atoms with Gasteiger partial charge in [0.25, 0.3) is 0 Å². The van der Waals surface area contributed by atoms with Crippen molar-refractivity contribution in [3.05, 3.63) is 48.6 Å². The van der Waals surface area contributed by atoms with Gasteiger partial charge in [-0.05, 0) is 0 Å². The Morgan fingerprint density at radius 2 is 1.23 bits per heavy atom. The average Bonchev–Trinajstić information content (AvgIpc) is 2.67. The molecule has 1 nitrogen and oxygen atoms in total. The molecule has 0 atom stereocenters. The molecule has 0 aromatic heterocycles. The fraction of sp³-hybridized carbons (Fsp3) is 0.200. The average molecular weight is 276 g/mol. The summed E-state index contributed by atoms with van der Waals surface area (Å²) in [5.41, 5.74) is 0. The Morgan fingerprint density at radius 1 is 0.846 bits per heavy atom. The zero-order valence-electron chi connectivity index (χ0n) is 7.29. The quantitative estimate of drug-likeness (QED) is 0.607. The van der Waals surface area contributed by atoms with E-state index in [1.807, 2.05) is 24.3 Å². The predicted octanol–water partition coefficient (Wildman–Crippen LogP) is 2.21. The maximum absolute atomic E-state index is 2.99. The normalized spacial score (nSPS) is 13.5. The Balaban J connectivity index is -0.000000125. The van der Waals surface area contributed by atoms with Crippen molar-refractivity contribution in [1.82, 2.24) is 0 Å². The van der Waals surface area contributed by atoms with E-state index < -0.39 is 0 Å². The van der Waals surface area contributed by atoms with Crippen molar-refractivity contribution >= 4 is 12.4 Å². The molecule has 0 aromatic rings. The molecule has 3 heteroatoms. The van der Waals surface area contributed by atoms with Gasteiger partial charge in [-0.3, -0.25) is 12.2 Å². The van der Waals surface area contributed by atoms with E-state index in [0.717, 1.165) is 12.8 Å². The second kappa shape index (κ2) is 14.6. The van der Waals surface area contributed by atoms with Crippen LogP contribution in [0.3, 0.4) is 0 Å². The van der Waals surface area contributed by atoms with Crippen molar-refractivity contribution in [1.29, 1.82) is 0 Å². The van der Waals surface area contributed by atoms with Gasteiger partial charge in [-0.1, -0.05) is 0 Å². The van der Waals surface area contributed by atoms with Crippen molar-refractivity contribution in [2.45, 2.75) is 12.8 Å². The van der Waals surface area contributed by atoms with Gasteiger partial charge < -0.3 is 5.48 Å². The van der Waals surface area contributed by atoms with Gasteiger partial charge in [-0.15, -0.1) is 25.2 Å². The Bertz CT molecular complexity index is 153. The van der Waals surface area contributed by atoms with E-state index in [-0.39, 0.29) is 44.1 Å². The fourth-order valence-electron chi connectivity index (χ4n) is 0.680. The Hall–Kier alpha value is 0.0931. The molecule has 2 aliphatic rings. The molecule has 0 saturated carbocycles. The van der Waals surface area contributed by atoms with Crippen molar-refractivity contribution in [2.24, 2.45) is 0 Å². The van der Waals surface area contributed by atoms with Gasteiger partial charge in [0, 0.05) is 0 Å². The minimum absolute atomic E-state index is 0. The number of halogens is 1. The molecular weight excluding hydrogens is 263 g/mol. The molecule has 0 aromatic carbocycles. The molecule has 2 rings (SSSR count). The van der Waals surface area contributed by atoms with Crippen LogP contribution in [0.4, 0.5) is 0 Å². The molecule has 0 saturated heterocycles. The van der Waals surface area contributed by atoms with Crippen LogP contribution in [0.2, 0.25) is 0 Å². The maximum atomic E-state index is 2.99. The van der Waals surface area contributed by atoms with Gasteiger partial charge in [0.2, 0.25) is 0 Å². The van der Waals surface area contributed by atoms with Gasteiger partial charge in [-0.2, -0.15) is 12.2 Å². The first-order valence-electron chi connectivity index (χ1n) is 3.43. The SMILES string of the molecule is Cl.O.[C-]1=CC=CC1.[C-]1=CC=CC1.[Zr+2]. The van der Waals surface area contributed by atoms with E-state index in [4.69, 9.17) is 0 Å². The monoisotopic (exact) mass is 274 g/mol. The molecule has 0 fully saturated rings. The van der Waals surface area contributed by atoms with Crippen LogP contribution in [0.15, 0.2) is 36.5 Å². The third-order valence-corrected chi connectivity index (χ3v) is 1.17. The first-order valence-corrected chi connectivity index (χ1v) is 3.43. The Labute approximate surface area is 105 Å². The van der Waals surface area contributed by atoms with Crippen molar-refractivity contribution < 1.29 is 31.7 Å².